The number of likely N-dealkylation sites (tertiary alicyclic amines) is 1. The SMILES string of the molecule is CC(C)(C)OC(=O)n1ccc2cc(-c3nnc([C@@H]4CCCN4C(=O)OCc4ccccc4)o3)ccc21. The first kappa shape index (κ1) is 23.6. The number of hydrogen-bond donors (Lipinski definition) is 0. The largest absolute Gasteiger partial charge is 0.445 e. The number of nitrogens with zero attached hydrogens (tertiary/aromatic N) is 4. The molecule has 9 heteroatoms. The van der Waals surface area contributed by atoms with Crippen molar-refractivity contribution in [3.8, 4) is 11.5 Å². The van der Waals surface area contributed by atoms with E-state index in [2.05, 4.69) is 10.2 Å². The van der Waals surface area contributed by atoms with E-state index >= 15 is 0 Å². The molecule has 2 aromatic heterocycles. The van der Waals surface area contributed by atoms with Crippen LogP contribution in [0.5, 0.6) is 0 Å². The van der Waals surface area contributed by atoms with Gasteiger partial charge < -0.3 is 13.9 Å². The first-order valence-electron chi connectivity index (χ1n) is 11.9. The lowest BCUT2D eigenvalue weighted by molar-refractivity contribution is 0.0544. The van der Waals surface area contributed by atoms with Crippen molar-refractivity contribution in [2.75, 3.05) is 6.54 Å². The summed E-state index contributed by atoms with van der Waals surface area (Å²) in [6, 6.07) is 16.6. The Balaban J connectivity index is 1.30. The van der Waals surface area contributed by atoms with Crippen LogP contribution in [0.1, 0.15) is 51.1 Å². The van der Waals surface area contributed by atoms with Gasteiger partial charge in [-0.05, 0) is 63.4 Å². The predicted molar refractivity (Wildman–Crippen MR) is 132 cm³/mol. The number of benzene rings is 2. The molecule has 186 valence electrons. The lowest BCUT2D eigenvalue weighted by atomic mass is 10.1. The van der Waals surface area contributed by atoms with Crippen LogP contribution in [0.4, 0.5) is 9.59 Å². The summed E-state index contributed by atoms with van der Waals surface area (Å²) in [6.07, 6.45) is 2.39. The minimum absolute atomic E-state index is 0.209. The molecule has 36 heavy (non-hydrogen) atoms. The number of amides is 1. The second-order valence-electron chi connectivity index (χ2n) is 9.78. The molecule has 9 nitrogen and oxygen atoms in total. The van der Waals surface area contributed by atoms with Crippen molar-refractivity contribution < 1.29 is 23.5 Å². The molecule has 0 bridgehead atoms. The van der Waals surface area contributed by atoms with Crippen LogP contribution in [-0.2, 0) is 16.1 Å². The Kier molecular flexibility index (Phi) is 6.22. The summed E-state index contributed by atoms with van der Waals surface area (Å²) in [5.74, 6) is 0.729. The Morgan fingerprint density at radius 1 is 1.06 bits per heavy atom. The smallest absolute Gasteiger partial charge is 0.418 e. The van der Waals surface area contributed by atoms with E-state index in [0.29, 0.717) is 18.3 Å². The Labute approximate surface area is 208 Å². The molecular formula is C27H28N4O5. The maximum atomic E-state index is 12.7. The fourth-order valence-corrected chi connectivity index (χ4v) is 4.28. The van der Waals surface area contributed by atoms with Gasteiger partial charge in [-0.2, -0.15) is 0 Å². The maximum Gasteiger partial charge on any atom is 0.418 e. The van der Waals surface area contributed by atoms with Crippen LogP contribution in [-0.4, -0.2) is 44.0 Å². The van der Waals surface area contributed by atoms with Gasteiger partial charge in [0.1, 0.15) is 18.2 Å². The van der Waals surface area contributed by atoms with Crippen molar-refractivity contribution in [3.63, 3.8) is 0 Å². The minimum atomic E-state index is -0.587. The normalized spacial score (nSPS) is 15.9. The number of aromatic nitrogens is 3. The molecule has 0 unspecified atom stereocenters. The maximum absolute atomic E-state index is 12.7. The predicted octanol–water partition coefficient (Wildman–Crippen LogP) is 5.95. The number of ether oxygens (including phenoxy) is 2. The average Bonchev–Trinajstić information content (AvgIpc) is 3.60. The zero-order valence-corrected chi connectivity index (χ0v) is 20.5. The van der Waals surface area contributed by atoms with E-state index < -0.39 is 17.8 Å². The zero-order valence-electron chi connectivity index (χ0n) is 20.5. The second kappa shape index (κ2) is 9.49. The van der Waals surface area contributed by atoms with Gasteiger partial charge in [0, 0.05) is 23.7 Å². The third-order valence-electron chi connectivity index (χ3n) is 5.95. The summed E-state index contributed by atoms with van der Waals surface area (Å²) in [7, 11) is 0. The van der Waals surface area contributed by atoms with Crippen molar-refractivity contribution in [1.29, 1.82) is 0 Å². The standard InChI is InChI=1S/C27H28N4O5/c1-27(2,3)36-26(33)31-15-13-19-16-20(11-12-21(19)31)23-28-29-24(35-23)22-10-7-14-30(22)25(32)34-17-18-8-5-4-6-9-18/h4-6,8-9,11-13,15-16,22H,7,10,14,17H2,1-3H3/t22-/m0/s1. The van der Waals surface area contributed by atoms with Gasteiger partial charge in [0.2, 0.25) is 11.8 Å². The van der Waals surface area contributed by atoms with Crippen LogP contribution in [0.25, 0.3) is 22.4 Å². The lowest BCUT2D eigenvalue weighted by Crippen LogP contribution is -2.31. The lowest BCUT2D eigenvalue weighted by Gasteiger charge is -2.21. The molecule has 5 rings (SSSR count). The molecule has 1 aliphatic rings. The van der Waals surface area contributed by atoms with Crippen LogP contribution in [0.3, 0.4) is 0 Å². The molecule has 0 radical (unpaired) electrons. The van der Waals surface area contributed by atoms with Gasteiger partial charge in [-0.25, -0.2) is 9.59 Å². The van der Waals surface area contributed by atoms with Gasteiger partial charge in [0.25, 0.3) is 0 Å². The fraction of sp³-hybridized carbons (Fsp3) is 0.333. The minimum Gasteiger partial charge on any atom is -0.445 e. The van der Waals surface area contributed by atoms with E-state index in [-0.39, 0.29) is 12.6 Å². The van der Waals surface area contributed by atoms with E-state index in [1.807, 2.05) is 75.4 Å². The number of hydrogen-bond acceptors (Lipinski definition) is 7. The summed E-state index contributed by atoms with van der Waals surface area (Å²) < 4.78 is 18.5. The highest BCUT2D eigenvalue weighted by atomic mass is 16.6. The van der Waals surface area contributed by atoms with Gasteiger partial charge >= 0.3 is 12.2 Å². The Morgan fingerprint density at radius 3 is 2.64 bits per heavy atom. The Morgan fingerprint density at radius 2 is 1.86 bits per heavy atom. The summed E-state index contributed by atoms with van der Waals surface area (Å²) in [4.78, 5) is 26.9. The van der Waals surface area contributed by atoms with Crippen molar-refractivity contribution in [2.45, 2.75) is 51.9 Å². The molecule has 0 N–H and O–H groups in total. The Bertz CT molecular complexity index is 1390. The molecule has 1 fully saturated rings. The Hall–Kier alpha value is -4.14. The first-order chi connectivity index (χ1) is 17.3. The van der Waals surface area contributed by atoms with E-state index in [1.165, 1.54) is 4.57 Å². The van der Waals surface area contributed by atoms with E-state index in [4.69, 9.17) is 13.9 Å². The number of fused-ring (bicyclic) bond motifs is 1. The third-order valence-corrected chi connectivity index (χ3v) is 5.95. The average molecular weight is 489 g/mol. The van der Waals surface area contributed by atoms with E-state index in [9.17, 15) is 9.59 Å². The molecule has 0 spiro atoms. The van der Waals surface area contributed by atoms with Crippen molar-refractivity contribution in [2.24, 2.45) is 0 Å². The van der Waals surface area contributed by atoms with Gasteiger partial charge in [-0.3, -0.25) is 9.47 Å². The topological polar surface area (TPSA) is 99.7 Å². The summed E-state index contributed by atoms with van der Waals surface area (Å²) in [5, 5.41) is 9.29. The van der Waals surface area contributed by atoms with Gasteiger partial charge in [-0.15, -0.1) is 10.2 Å². The van der Waals surface area contributed by atoms with Crippen LogP contribution >= 0.6 is 0 Å². The van der Waals surface area contributed by atoms with Crippen LogP contribution < -0.4 is 0 Å². The molecule has 1 aliphatic heterocycles. The highest BCUT2D eigenvalue weighted by molar-refractivity contribution is 5.91. The second-order valence-corrected chi connectivity index (χ2v) is 9.78. The summed E-state index contributed by atoms with van der Waals surface area (Å²) >= 11 is 0. The molecular weight excluding hydrogens is 460 g/mol. The molecule has 2 aromatic carbocycles. The van der Waals surface area contributed by atoms with Gasteiger partial charge in [-0.1, -0.05) is 30.3 Å². The molecule has 1 atom stereocenters. The monoisotopic (exact) mass is 488 g/mol. The van der Waals surface area contributed by atoms with Crippen molar-refractivity contribution in [3.05, 3.63) is 72.2 Å². The quantitative estimate of drug-likeness (QED) is 0.350. The molecule has 0 saturated carbocycles. The van der Waals surface area contributed by atoms with Crippen LogP contribution in [0.2, 0.25) is 0 Å². The van der Waals surface area contributed by atoms with Crippen LogP contribution in [0, 0.1) is 0 Å². The molecule has 3 heterocycles. The molecule has 1 amide bonds. The van der Waals surface area contributed by atoms with Crippen LogP contribution in [0.15, 0.2) is 65.2 Å². The van der Waals surface area contributed by atoms with Gasteiger partial charge in [0.05, 0.1) is 5.52 Å². The van der Waals surface area contributed by atoms with E-state index in [1.54, 1.807) is 11.1 Å². The first-order valence-corrected chi connectivity index (χ1v) is 11.9. The molecule has 4 aromatic rings. The van der Waals surface area contributed by atoms with Crippen molar-refractivity contribution in [1.82, 2.24) is 19.7 Å². The number of carbonyl (C=O) groups excluding carboxylic acids is 2. The summed E-state index contributed by atoms with van der Waals surface area (Å²) in [6.45, 7) is 6.27. The fourth-order valence-electron chi connectivity index (χ4n) is 4.28. The van der Waals surface area contributed by atoms with Crippen molar-refractivity contribution >= 4 is 23.1 Å². The zero-order chi connectivity index (χ0) is 25.3. The highest BCUT2D eigenvalue weighted by Gasteiger charge is 2.35. The molecule has 0 aliphatic carbocycles. The molecule has 1 saturated heterocycles. The van der Waals surface area contributed by atoms with E-state index in [0.717, 1.165) is 34.9 Å². The number of carbonyl (C=O) groups is 2. The highest BCUT2D eigenvalue weighted by Crippen LogP contribution is 2.34. The summed E-state index contributed by atoms with van der Waals surface area (Å²) in [5.41, 5.74) is 1.78. The number of rotatable bonds is 4. The third kappa shape index (κ3) is 4.95. The van der Waals surface area contributed by atoms with Gasteiger partial charge in [0.15, 0.2) is 0 Å².